The Morgan fingerprint density at radius 1 is 1.16 bits per heavy atom. The lowest BCUT2D eigenvalue weighted by Gasteiger charge is -2.28. The van der Waals surface area contributed by atoms with E-state index in [2.05, 4.69) is 57.8 Å². The molecular formula is C24H33IN2O3S. The molecule has 1 saturated carbocycles. The molecule has 2 aromatic rings. The van der Waals surface area contributed by atoms with Gasteiger partial charge in [0.1, 0.15) is 22.9 Å². The Bertz CT molecular complexity index is 856. The fraction of sp³-hybridized carbons (Fsp3) is 0.583. The number of esters is 1. The zero-order chi connectivity index (χ0) is 22.4. The summed E-state index contributed by atoms with van der Waals surface area (Å²) < 4.78 is 14.4. The first kappa shape index (κ1) is 24.6. The van der Waals surface area contributed by atoms with Crippen molar-refractivity contribution in [1.82, 2.24) is 9.78 Å². The quantitative estimate of drug-likeness (QED) is 0.226. The number of halogens is 1. The van der Waals surface area contributed by atoms with Gasteiger partial charge in [-0.1, -0.05) is 30.3 Å². The topological polar surface area (TPSA) is 53.4 Å². The molecule has 0 N–H and O–H groups in total. The van der Waals surface area contributed by atoms with Crippen molar-refractivity contribution in [2.24, 2.45) is 11.8 Å². The highest BCUT2D eigenvalue weighted by Gasteiger charge is 2.25. The standard InChI is InChI=1S/C24H33IN2O3S/c1-24(2,3)30-20(28)16-29-15-18-12-10-17(11-13-18)14-27-23(31-4)21(25)22(26-27)19-8-6-5-7-9-19/h5-9,17-18H,10-16H2,1-4H3/t17-,18-. The van der Waals surface area contributed by atoms with E-state index in [1.54, 1.807) is 11.8 Å². The van der Waals surface area contributed by atoms with Crippen LogP contribution in [0.4, 0.5) is 0 Å². The van der Waals surface area contributed by atoms with E-state index in [1.165, 1.54) is 27.0 Å². The fourth-order valence-corrected chi connectivity index (χ4v) is 5.99. The predicted molar refractivity (Wildman–Crippen MR) is 134 cm³/mol. The molecule has 1 aliphatic carbocycles. The first-order valence-corrected chi connectivity index (χ1v) is 13.2. The predicted octanol–water partition coefficient (Wildman–Crippen LogP) is 6.04. The molecular weight excluding hydrogens is 523 g/mol. The molecule has 1 heterocycles. The molecule has 170 valence electrons. The van der Waals surface area contributed by atoms with Gasteiger partial charge in [0, 0.05) is 12.1 Å². The third-order valence-corrected chi connectivity index (χ3v) is 7.67. The number of nitrogens with zero attached hydrogens (tertiary/aromatic N) is 2. The molecule has 1 aliphatic rings. The summed E-state index contributed by atoms with van der Waals surface area (Å²) >= 11 is 4.21. The van der Waals surface area contributed by atoms with Gasteiger partial charge in [-0.05, 0) is 87.1 Å². The fourth-order valence-electron chi connectivity index (χ4n) is 4.03. The van der Waals surface area contributed by atoms with Gasteiger partial charge in [-0.2, -0.15) is 5.10 Å². The molecule has 3 rings (SSSR count). The number of hydrogen-bond acceptors (Lipinski definition) is 5. The Morgan fingerprint density at radius 3 is 2.42 bits per heavy atom. The summed E-state index contributed by atoms with van der Waals surface area (Å²) in [4.78, 5) is 11.8. The van der Waals surface area contributed by atoms with Gasteiger partial charge in [0.25, 0.3) is 0 Å². The molecule has 0 amide bonds. The molecule has 5 nitrogen and oxygen atoms in total. The van der Waals surface area contributed by atoms with Crippen LogP contribution in [0.2, 0.25) is 0 Å². The van der Waals surface area contributed by atoms with Gasteiger partial charge in [0.15, 0.2) is 0 Å². The highest BCUT2D eigenvalue weighted by atomic mass is 127. The van der Waals surface area contributed by atoms with Crippen molar-refractivity contribution in [3.8, 4) is 11.3 Å². The lowest BCUT2D eigenvalue weighted by molar-refractivity contribution is -0.160. The smallest absolute Gasteiger partial charge is 0.332 e. The second-order valence-corrected chi connectivity index (χ2v) is 11.1. The number of benzene rings is 1. The molecule has 0 unspecified atom stereocenters. The Hall–Kier alpha value is -1.06. The van der Waals surface area contributed by atoms with E-state index in [9.17, 15) is 4.79 Å². The van der Waals surface area contributed by atoms with E-state index in [-0.39, 0.29) is 12.6 Å². The Morgan fingerprint density at radius 2 is 1.81 bits per heavy atom. The molecule has 0 radical (unpaired) electrons. The highest BCUT2D eigenvalue weighted by Crippen LogP contribution is 2.35. The summed E-state index contributed by atoms with van der Waals surface area (Å²) in [6.07, 6.45) is 6.75. The monoisotopic (exact) mass is 556 g/mol. The normalized spacial score (nSPS) is 19.4. The third kappa shape index (κ3) is 7.22. The lowest BCUT2D eigenvalue weighted by Crippen LogP contribution is -2.28. The molecule has 0 atom stereocenters. The van der Waals surface area contributed by atoms with Crippen LogP contribution < -0.4 is 0 Å². The van der Waals surface area contributed by atoms with Crippen LogP contribution in [0, 0.1) is 15.4 Å². The van der Waals surface area contributed by atoms with Crippen LogP contribution in [-0.4, -0.2) is 40.8 Å². The summed E-state index contributed by atoms with van der Waals surface area (Å²) in [5, 5.41) is 6.23. The van der Waals surface area contributed by atoms with Gasteiger partial charge < -0.3 is 9.47 Å². The summed E-state index contributed by atoms with van der Waals surface area (Å²) in [7, 11) is 0. The van der Waals surface area contributed by atoms with Gasteiger partial charge in [0.05, 0.1) is 10.2 Å². The summed E-state index contributed by atoms with van der Waals surface area (Å²) in [5.74, 6) is 0.872. The van der Waals surface area contributed by atoms with E-state index in [0.29, 0.717) is 18.4 Å². The molecule has 7 heteroatoms. The van der Waals surface area contributed by atoms with E-state index < -0.39 is 5.60 Å². The molecule has 1 aromatic heterocycles. The summed E-state index contributed by atoms with van der Waals surface area (Å²) in [6, 6.07) is 10.4. The number of ether oxygens (including phenoxy) is 2. The largest absolute Gasteiger partial charge is 0.458 e. The van der Waals surface area contributed by atoms with Gasteiger partial charge in [-0.25, -0.2) is 4.79 Å². The van der Waals surface area contributed by atoms with Crippen LogP contribution in [0.15, 0.2) is 35.4 Å². The van der Waals surface area contributed by atoms with E-state index in [0.717, 1.165) is 25.1 Å². The van der Waals surface area contributed by atoms with Crippen LogP contribution in [0.1, 0.15) is 46.5 Å². The van der Waals surface area contributed by atoms with Crippen LogP contribution in [-0.2, 0) is 20.8 Å². The average Bonchev–Trinajstić information content (AvgIpc) is 3.03. The third-order valence-electron chi connectivity index (χ3n) is 5.48. The van der Waals surface area contributed by atoms with Crippen molar-refractivity contribution in [1.29, 1.82) is 0 Å². The maximum Gasteiger partial charge on any atom is 0.332 e. The van der Waals surface area contributed by atoms with Crippen LogP contribution >= 0.6 is 34.4 Å². The number of thioether (sulfide) groups is 1. The lowest BCUT2D eigenvalue weighted by atomic mass is 9.82. The SMILES string of the molecule is CSc1c(I)c(-c2ccccc2)nn1C[C@H]1CC[C@H](COCC(=O)OC(C)(C)C)CC1. The molecule has 0 spiro atoms. The van der Waals surface area contributed by atoms with E-state index >= 15 is 0 Å². The second-order valence-electron chi connectivity index (χ2n) is 9.21. The van der Waals surface area contributed by atoms with Crippen molar-refractivity contribution >= 4 is 40.3 Å². The maximum absolute atomic E-state index is 11.8. The van der Waals surface area contributed by atoms with Crippen molar-refractivity contribution in [3.05, 3.63) is 33.9 Å². The van der Waals surface area contributed by atoms with Gasteiger partial charge >= 0.3 is 5.97 Å². The molecule has 1 fully saturated rings. The average molecular weight is 557 g/mol. The van der Waals surface area contributed by atoms with Gasteiger partial charge in [-0.3, -0.25) is 4.68 Å². The number of aromatic nitrogens is 2. The summed E-state index contributed by atoms with van der Waals surface area (Å²) in [6.45, 7) is 7.26. The van der Waals surface area contributed by atoms with Crippen LogP contribution in [0.5, 0.6) is 0 Å². The number of carbonyl (C=O) groups is 1. The van der Waals surface area contributed by atoms with Gasteiger partial charge in [0.2, 0.25) is 0 Å². The highest BCUT2D eigenvalue weighted by molar-refractivity contribution is 14.1. The minimum absolute atomic E-state index is 0.0439. The number of rotatable bonds is 8. The van der Waals surface area contributed by atoms with Gasteiger partial charge in [-0.15, -0.1) is 11.8 Å². The Kier molecular flexibility index (Phi) is 8.87. The number of hydrogen-bond donors (Lipinski definition) is 0. The van der Waals surface area contributed by atoms with Crippen molar-refractivity contribution < 1.29 is 14.3 Å². The Balaban J connectivity index is 1.49. The second kappa shape index (κ2) is 11.2. The van der Waals surface area contributed by atoms with Crippen molar-refractivity contribution in [2.45, 2.75) is 63.6 Å². The first-order valence-electron chi connectivity index (χ1n) is 10.9. The molecule has 0 aliphatic heterocycles. The minimum Gasteiger partial charge on any atom is -0.458 e. The maximum atomic E-state index is 11.8. The summed E-state index contributed by atoms with van der Waals surface area (Å²) in [5.41, 5.74) is 1.79. The van der Waals surface area contributed by atoms with Crippen LogP contribution in [0.3, 0.4) is 0 Å². The van der Waals surface area contributed by atoms with Crippen LogP contribution in [0.25, 0.3) is 11.3 Å². The van der Waals surface area contributed by atoms with Crippen molar-refractivity contribution in [3.63, 3.8) is 0 Å². The van der Waals surface area contributed by atoms with E-state index in [4.69, 9.17) is 14.6 Å². The Labute approximate surface area is 203 Å². The van der Waals surface area contributed by atoms with Crippen molar-refractivity contribution in [2.75, 3.05) is 19.5 Å². The minimum atomic E-state index is -0.459. The first-order chi connectivity index (χ1) is 14.8. The number of carbonyl (C=O) groups excluding carboxylic acids is 1. The zero-order valence-corrected chi connectivity index (χ0v) is 21.9. The molecule has 0 bridgehead atoms. The molecule has 1 aromatic carbocycles. The van der Waals surface area contributed by atoms with E-state index in [1.807, 2.05) is 26.8 Å². The molecule has 31 heavy (non-hydrogen) atoms. The molecule has 0 saturated heterocycles. The zero-order valence-electron chi connectivity index (χ0n) is 18.9.